The van der Waals surface area contributed by atoms with Crippen molar-refractivity contribution in [1.29, 1.82) is 0 Å². The number of nitrogens with zero attached hydrogens (tertiary/aromatic N) is 5. The number of halogens is 2. The molecule has 0 aliphatic heterocycles. The zero-order valence-corrected chi connectivity index (χ0v) is 20.6. The number of carbonyl (C=O) groups excluding carboxylic acids is 1. The monoisotopic (exact) mass is 518 g/mol. The summed E-state index contributed by atoms with van der Waals surface area (Å²) in [6.45, 7) is 1.85. The molecule has 5 rings (SSSR count). The molecule has 0 unspecified atom stereocenters. The third kappa shape index (κ3) is 5.59. The SMILES string of the molecule is COc1cnc(C(F)F)cc1-c1cc(-c2cccc(C)n2)ncc1C(=O)Nc1nnc(C#CC2CC2)s1. The molecule has 1 N–H and O–H groups in total. The highest BCUT2D eigenvalue weighted by atomic mass is 32.1. The molecule has 1 saturated carbocycles. The molecule has 0 aromatic carbocycles. The number of aromatic nitrogens is 5. The number of amides is 1. The van der Waals surface area contributed by atoms with Crippen LogP contribution in [0.5, 0.6) is 5.75 Å². The summed E-state index contributed by atoms with van der Waals surface area (Å²) in [5.74, 6) is 6.16. The van der Waals surface area contributed by atoms with Crippen molar-refractivity contribution in [2.75, 3.05) is 12.4 Å². The van der Waals surface area contributed by atoms with Gasteiger partial charge in [-0.2, -0.15) is 0 Å². The number of alkyl halides is 2. The first-order valence-electron chi connectivity index (χ1n) is 11.3. The van der Waals surface area contributed by atoms with Gasteiger partial charge in [-0.25, -0.2) is 8.78 Å². The number of methoxy groups -OCH3 is 1. The first-order chi connectivity index (χ1) is 17.9. The Hall–Kier alpha value is -4.30. The largest absolute Gasteiger partial charge is 0.494 e. The predicted molar refractivity (Wildman–Crippen MR) is 134 cm³/mol. The second kappa shape index (κ2) is 10.4. The summed E-state index contributed by atoms with van der Waals surface area (Å²) in [6.07, 6.45) is 1.95. The van der Waals surface area contributed by atoms with Gasteiger partial charge in [-0.3, -0.25) is 25.1 Å². The Balaban J connectivity index is 1.56. The number of anilines is 1. The number of nitrogens with one attached hydrogen (secondary N) is 1. The molecule has 4 aromatic rings. The van der Waals surface area contributed by atoms with E-state index in [0.29, 0.717) is 27.9 Å². The number of carbonyl (C=O) groups is 1. The van der Waals surface area contributed by atoms with Gasteiger partial charge >= 0.3 is 0 Å². The van der Waals surface area contributed by atoms with Crippen LogP contribution in [0.25, 0.3) is 22.5 Å². The van der Waals surface area contributed by atoms with Crippen molar-refractivity contribution in [2.45, 2.75) is 26.2 Å². The summed E-state index contributed by atoms with van der Waals surface area (Å²) in [4.78, 5) is 26.0. The van der Waals surface area contributed by atoms with Crippen molar-refractivity contribution in [3.05, 3.63) is 64.7 Å². The van der Waals surface area contributed by atoms with Crippen molar-refractivity contribution < 1.29 is 18.3 Å². The number of ether oxygens (including phenoxy) is 1. The Morgan fingerprint density at radius 1 is 1.14 bits per heavy atom. The highest BCUT2D eigenvalue weighted by molar-refractivity contribution is 7.15. The van der Waals surface area contributed by atoms with Crippen LogP contribution < -0.4 is 10.1 Å². The minimum absolute atomic E-state index is 0.127. The molecule has 11 heteroatoms. The molecule has 1 fully saturated rings. The van der Waals surface area contributed by atoms with Crippen LogP contribution in [0.4, 0.5) is 13.9 Å². The lowest BCUT2D eigenvalue weighted by atomic mass is 9.98. The Bertz CT molecular complexity index is 1540. The van der Waals surface area contributed by atoms with Crippen LogP contribution in [-0.2, 0) is 0 Å². The maximum absolute atomic E-state index is 13.5. The molecular weight excluding hydrogens is 498 g/mol. The first-order valence-corrected chi connectivity index (χ1v) is 12.2. The average molecular weight is 519 g/mol. The lowest BCUT2D eigenvalue weighted by Crippen LogP contribution is -2.14. The smallest absolute Gasteiger partial charge is 0.280 e. The van der Waals surface area contributed by atoms with Crippen LogP contribution in [-0.4, -0.2) is 38.2 Å². The average Bonchev–Trinajstić information content (AvgIpc) is 3.64. The molecule has 4 heterocycles. The van der Waals surface area contributed by atoms with E-state index in [1.54, 1.807) is 12.1 Å². The molecule has 8 nitrogen and oxygen atoms in total. The van der Waals surface area contributed by atoms with Gasteiger partial charge in [0, 0.05) is 28.9 Å². The minimum Gasteiger partial charge on any atom is -0.494 e. The summed E-state index contributed by atoms with van der Waals surface area (Å²) in [5, 5.41) is 11.5. The molecule has 0 radical (unpaired) electrons. The van der Waals surface area contributed by atoms with E-state index in [0.717, 1.165) is 29.9 Å². The van der Waals surface area contributed by atoms with Gasteiger partial charge in [0.25, 0.3) is 12.3 Å². The molecule has 1 aliphatic rings. The van der Waals surface area contributed by atoms with Crippen molar-refractivity contribution >= 4 is 22.4 Å². The number of hydrogen-bond donors (Lipinski definition) is 1. The predicted octanol–water partition coefficient (Wildman–Crippen LogP) is 5.33. The first kappa shape index (κ1) is 24.4. The fourth-order valence-electron chi connectivity index (χ4n) is 3.52. The van der Waals surface area contributed by atoms with Crippen molar-refractivity contribution in [3.63, 3.8) is 0 Å². The van der Waals surface area contributed by atoms with Crippen molar-refractivity contribution in [3.8, 4) is 40.1 Å². The lowest BCUT2D eigenvalue weighted by molar-refractivity contribution is 0.102. The van der Waals surface area contributed by atoms with E-state index >= 15 is 0 Å². The molecule has 4 aromatic heterocycles. The molecule has 0 bridgehead atoms. The number of pyridine rings is 3. The van der Waals surface area contributed by atoms with Crippen molar-refractivity contribution in [2.24, 2.45) is 5.92 Å². The summed E-state index contributed by atoms with van der Waals surface area (Å²) >= 11 is 1.15. The van der Waals surface area contributed by atoms with E-state index in [2.05, 4.69) is 42.3 Å². The highest BCUT2D eigenvalue weighted by Gasteiger charge is 2.22. The fourth-order valence-corrected chi connectivity index (χ4v) is 4.12. The minimum atomic E-state index is -2.81. The van der Waals surface area contributed by atoms with E-state index in [1.807, 2.05) is 19.1 Å². The second-order valence-electron chi connectivity index (χ2n) is 8.30. The van der Waals surface area contributed by atoms with Gasteiger partial charge in [0.15, 0.2) is 5.01 Å². The normalized spacial score (nSPS) is 12.7. The maximum Gasteiger partial charge on any atom is 0.280 e. The fraction of sp³-hybridized carbons (Fsp3) is 0.231. The Kier molecular flexibility index (Phi) is 6.83. The summed E-state index contributed by atoms with van der Waals surface area (Å²) in [7, 11) is 1.40. The van der Waals surface area contributed by atoms with E-state index in [1.165, 1.54) is 25.6 Å². The standard InChI is InChI=1S/C26H20F2N6O2S/c1-14-4-3-5-19(31-14)20-10-16(17-11-21(24(27)28)30-13-22(17)36-2)18(12-29-20)25(35)32-26-34-33-23(37-26)9-8-15-6-7-15/h3-5,10-13,15,24H,6-7H2,1-2H3,(H,32,34,35). The number of aryl methyl sites for hydroxylation is 1. The summed E-state index contributed by atoms with van der Waals surface area (Å²) < 4.78 is 32.4. The quantitative estimate of drug-likeness (QED) is 0.344. The van der Waals surface area contributed by atoms with E-state index in [4.69, 9.17) is 4.74 Å². The maximum atomic E-state index is 13.5. The molecule has 0 saturated heterocycles. The zero-order chi connectivity index (χ0) is 25.9. The van der Waals surface area contributed by atoms with E-state index in [9.17, 15) is 13.6 Å². The van der Waals surface area contributed by atoms with Crippen LogP contribution in [0, 0.1) is 24.7 Å². The van der Waals surface area contributed by atoms with Crippen LogP contribution in [0.1, 0.15) is 46.0 Å². The Labute approximate surface area is 215 Å². The van der Waals surface area contributed by atoms with Crippen LogP contribution >= 0.6 is 11.3 Å². The van der Waals surface area contributed by atoms with Gasteiger partial charge in [0.2, 0.25) is 5.13 Å². The molecule has 0 spiro atoms. The number of hydrogen-bond acceptors (Lipinski definition) is 8. The molecule has 37 heavy (non-hydrogen) atoms. The van der Waals surface area contributed by atoms with Gasteiger partial charge in [0.05, 0.1) is 30.3 Å². The van der Waals surface area contributed by atoms with Crippen LogP contribution in [0.3, 0.4) is 0 Å². The zero-order valence-electron chi connectivity index (χ0n) is 19.8. The highest BCUT2D eigenvalue weighted by Crippen LogP contribution is 2.36. The Morgan fingerprint density at radius 2 is 1.97 bits per heavy atom. The van der Waals surface area contributed by atoms with Gasteiger partial charge in [-0.05, 0) is 50.0 Å². The van der Waals surface area contributed by atoms with Gasteiger partial charge in [0.1, 0.15) is 11.4 Å². The third-order valence-electron chi connectivity index (χ3n) is 5.53. The lowest BCUT2D eigenvalue weighted by Gasteiger charge is -2.15. The molecule has 186 valence electrons. The second-order valence-corrected chi connectivity index (χ2v) is 9.28. The molecule has 0 atom stereocenters. The molecule has 1 aliphatic carbocycles. The van der Waals surface area contributed by atoms with E-state index < -0.39 is 18.0 Å². The topological polar surface area (TPSA) is 103 Å². The summed E-state index contributed by atoms with van der Waals surface area (Å²) in [6, 6.07) is 8.29. The van der Waals surface area contributed by atoms with Crippen LogP contribution in [0.15, 0.2) is 42.7 Å². The van der Waals surface area contributed by atoms with E-state index in [-0.39, 0.29) is 22.0 Å². The van der Waals surface area contributed by atoms with Crippen LogP contribution in [0.2, 0.25) is 0 Å². The van der Waals surface area contributed by atoms with Gasteiger partial charge in [-0.15, -0.1) is 10.2 Å². The number of rotatable bonds is 6. The van der Waals surface area contributed by atoms with Crippen molar-refractivity contribution in [1.82, 2.24) is 25.1 Å². The molecule has 1 amide bonds. The summed E-state index contributed by atoms with van der Waals surface area (Å²) in [5.41, 5.74) is 2.08. The van der Waals surface area contributed by atoms with Gasteiger partial charge < -0.3 is 4.74 Å². The third-order valence-corrected chi connectivity index (χ3v) is 6.28. The van der Waals surface area contributed by atoms with Gasteiger partial charge in [-0.1, -0.05) is 23.3 Å². The molecular formula is C26H20F2N6O2S. The Morgan fingerprint density at radius 3 is 2.70 bits per heavy atom.